The van der Waals surface area contributed by atoms with E-state index in [0.717, 1.165) is 30.8 Å². The summed E-state index contributed by atoms with van der Waals surface area (Å²) in [6.07, 6.45) is 2.43. The molecule has 0 spiro atoms. The molecule has 0 aliphatic carbocycles. The van der Waals surface area contributed by atoms with Crippen LogP contribution in [0.1, 0.15) is 24.8 Å². The lowest BCUT2D eigenvalue weighted by Crippen LogP contribution is -2.34. The predicted molar refractivity (Wildman–Crippen MR) is 96.8 cm³/mol. The molecule has 0 radical (unpaired) electrons. The highest BCUT2D eigenvalue weighted by Crippen LogP contribution is 2.33. The van der Waals surface area contributed by atoms with Gasteiger partial charge in [0.1, 0.15) is 5.75 Å². The fraction of sp³-hybridized carbons (Fsp3) is 0.579. The molecule has 2 heterocycles. The molecule has 6 heteroatoms. The third-order valence-electron chi connectivity index (χ3n) is 5.14. The molecule has 136 valence electrons. The minimum Gasteiger partial charge on any atom is -0.495 e. The van der Waals surface area contributed by atoms with Crippen molar-refractivity contribution in [1.29, 1.82) is 0 Å². The first kappa shape index (κ1) is 17.7. The Bertz CT molecular complexity index is 641. The fourth-order valence-electron chi connectivity index (χ4n) is 3.63. The predicted octanol–water partition coefficient (Wildman–Crippen LogP) is 1.47. The van der Waals surface area contributed by atoms with Gasteiger partial charge < -0.3 is 20.3 Å². The normalized spacial score (nSPS) is 23.1. The van der Waals surface area contributed by atoms with Gasteiger partial charge in [-0.3, -0.25) is 9.59 Å². The monoisotopic (exact) mass is 345 g/mol. The number of methoxy groups -OCH3 is 1. The molecule has 0 saturated carbocycles. The summed E-state index contributed by atoms with van der Waals surface area (Å²) in [5.74, 6) is 0.976. The maximum atomic E-state index is 12.4. The molecule has 1 aromatic carbocycles. The lowest BCUT2D eigenvalue weighted by atomic mass is 10.0. The number of ether oxygens (including phenoxy) is 1. The van der Waals surface area contributed by atoms with Crippen LogP contribution in [0.2, 0.25) is 0 Å². The Kier molecular flexibility index (Phi) is 5.58. The van der Waals surface area contributed by atoms with Crippen molar-refractivity contribution in [1.82, 2.24) is 10.6 Å². The summed E-state index contributed by atoms with van der Waals surface area (Å²) >= 11 is 0. The van der Waals surface area contributed by atoms with E-state index < -0.39 is 0 Å². The molecule has 25 heavy (non-hydrogen) atoms. The number of aryl methyl sites for hydroxylation is 1. The molecule has 2 aliphatic rings. The van der Waals surface area contributed by atoms with Crippen LogP contribution in [0.25, 0.3) is 0 Å². The summed E-state index contributed by atoms with van der Waals surface area (Å²) in [5.41, 5.74) is 1.81. The van der Waals surface area contributed by atoms with Crippen LogP contribution in [-0.2, 0) is 9.59 Å². The van der Waals surface area contributed by atoms with Crippen LogP contribution >= 0.6 is 0 Å². The van der Waals surface area contributed by atoms with Crippen LogP contribution < -0.4 is 20.3 Å². The molecule has 2 fully saturated rings. The van der Waals surface area contributed by atoms with Gasteiger partial charge in [-0.2, -0.15) is 0 Å². The Morgan fingerprint density at radius 2 is 2.28 bits per heavy atom. The maximum Gasteiger partial charge on any atom is 0.227 e. The standard InChI is InChI=1S/C19H27N3O3/c1-13-3-4-17(25-2)16(9-13)22-12-15(10-18(22)23)19(24)21-8-6-14-5-7-20-11-14/h3-4,9,14-15,20H,5-8,10-12H2,1-2H3,(H,21,24). The van der Waals surface area contributed by atoms with E-state index in [9.17, 15) is 9.59 Å². The quantitative estimate of drug-likeness (QED) is 0.819. The van der Waals surface area contributed by atoms with Gasteiger partial charge in [-0.1, -0.05) is 6.07 Å². The number of hydrogen-bond acceptors (Lipinski definition) is 4. The zero-order valence-corrected chi connectivity index (χ0v) is 15.0. The van der Waals surface area contributed by atoms with E-state index in [1.54, 1.807) is 12.0 Å². The van der Waals surface area contributed by atoms with Crippen molar-refractivity contribution in [2.24, 2.45) is 11.8 Å². The van der Waals surface area contributed by atoms with Crippen LogP contribution in [0, 0.1) is 18.8 Å². The van der Waals surface area contributed by atoms with E-state index in [1.807, 2.05) is 25.1 Å². The first-order chi connectivity index (χ1) is 12.1. The van der Waals surface area contributed by atoms with Gasteiger partial charge in [0.15, 0.2) is 0 Å². The molecule has 2 aliphatic heterocycles. The number of anilines is 1. The van der Waals surface area contributed by atoms with E-state index in [4.69, 9.17) is 4.74 Å². The van der Waals surface area contributed by atoms with Crippen molar-refractivity contribution in [3.05, 3.63) is 23.8 Å². The van der Waals surface area contributed by atoms with E-state index in [-0.39, 0.29) is 24.2 Å². The smallest absolute Gasteiger partial charge is 0.227 e. The molecular formula is C19H27N3O3. The summed E-state index contributed by atoms with van der Waals surface area (Å²) in [4.78, 5) is 26.5. The van der Waals surface area contributed by atoms with Crippen molar-refractivity contribution in [2.45, 2.75) is 26.2 Å². The number of carbonyl (C=O) groups is 2. The molecule has 1 aromatic rings. The third kappa shape index (κ3) is 4.12. The maximum absolute atomic E-state index is 12.4. The van der Waals surface area contributed by atoms with Gasteiger partial charge >= 0.3 is 0 Å². The minimum absolute atomic E-state index is 0.0200. The number of nitrogens with zero attached hydrogens (tertiary/aromatic N) is 1. The van der Waals surface area contributed by atoms with Crippen molar-refractivity contribution < 1.29 is 14.3 Å². The number of benzene rings is 1. The second kappa shape index (κ2) is 7.87. The Morgan fingerprint density at radius 1 is 1.44 bits per heavy atom. The summed E-state index contributed by atoms with van der Waals surface area (Å²) in [6, 6.07) is 5.75. The van der Waals surface area contributed by atoms with Crippen molar-refractivity contribution in [3.63, 3.8) is 0 Å². The van der Waals surface area contributed by atoms with Crippen LogP contribution in [0.15, 0.2) is 18.2 Å². The zero-order chi connectivity index (χ0) is 17.8. The van der Waals surface area contributed by atoms with Crippen LogP contribution in [0.5, 0.6) is 5.75 Å². The van der Waals surface area contributed by atoms with Gasteiger partial charge in [-0.15, -0.1) is 0 Å². The molecule has 2 amide bonds. The highest BCUT2D eigenvalue weighted by atomic mass is 16.5. The van der Waals surface area contributed by atoms with Gasteiger partial charge in [0, 0.05) is 19.5 Å². The van der Waals surface area contributed by atoms with E-state index >= 15 is 0 Å². The van der Waals surface area contributed by atoms with Crippen LogP contribution in [-0.4, -0.2) is 45.1 Å². The third-order valence-corrected chi connectivity index (χ3v) is 5.14. The number of carbonyl (C=O) groups excluding carboxylic acids is 2. The second-order valence-corrected chi connectivity index (χ2v) is 7.02. The lowest BCUT2D eigenvalue weighted by Gasteiger charge is -2.20. The van der Waals surface area contributed by atoms with Crippen molar-refractivity contribution in [3.8, 4) is 5.75 Å². The van der Waals surface area contributed by atoms with Gasteiger partial charge in [0.2, 0.25) is 11.8 Å². The Balaban J connectivity index is 1.58. The van der Waals surface area contributed by atoms with Gasteiger partial charge in [0.25, 0.3) is 0 Å². The van der Waals surface area contributed by atoms with Crippen molar-refractivity contribution >= 4 is 17.5 Å². The Morgan fingerprint density at radius 3 is 3.00 bits per heavy atom. The number of amides is 2. The average Bonchev–Trinajstić information content (AvgIpc) is 3.24. The number of nitrogens with one attached hydrogen (secondary N) is 2. The fourth-order valence-corrected chi connectivity index (χ4v) is 3.63. The van der Waals surface area contributed by atoms with E-state index in [2.05, 4.69) is 10.6 Å². The largest absolute Gasteiger partial charge is 0.495 e. The molecule has 3 rings (SSSR count). The minimum atomic E-state index is -0.292. The Hall–Kier alpha value is -2.08. The highest BCUT2D eigenvalue weighted by Gasteiger charge is 2.36. The topological polar surface area (TPSA) is 70.7 Å². The molecule has 2 saturated heterocycles. The first-order valence-corrected chi connectivity index (χ1v) is 9.02. The molecule has 0 aromatic heterocycles. The average molecular weight is 345 g/mol. The molecule has 2 unspecified atom stereocenters. The molecule has 6 nitrogen and oxygen atoms in total. The highest BCUT2D eigenvalue weighted by molar-refractivity contribution is 6.01. The summed E-state index contributed by atoms with van der Waals surface area (Å²) in [6.45, 7) is 5.19. The molecule has 2 N–H and O–H groups in total. The summed E-state index contributed by atoms with van der Waals surface area (Å²) < 4.78 is 5.38. The van der Waals surface area contributed by atoms with E-state index in [0.29, 0.717) is 24.8 Å². The van der Waals surface area contributed by atoms with E-state index in [1.165, 1.54) is 6.42 Å². The zero-order valence-electron chi connectivity index (χ0n) is 15.0. The Labute approximate surface area is 148 Å². The summed E-state index contributed by atoms with van der Waals surface area (Å²) in [5, 5.41) is 6.34. The first-order valence-electron chi connectivity index (χ1n) is 9.02. The van der Waals surface area contributed by atoms with Crippen molar-refractivity contribution in [2.75, 3.05) is 38.2 Å². The number of hydrogen-bond donors (Lipinski definition) is 2. The second-order valence-electron chi connectivity index (χ2n) is 7.02. The lowest BCUT2D eigenvalue weighted by molar-refractivity contribution is -0.126. The summed E-state index contributed by atoms with van der Waals surface area (Å²) in [7, 11) is 1.59. The van der Waals surface area contributed by atoms with Gasteiger partial charge in [-0.05, 0) is 56.5 Å². The molecule has 2 atom stereocenters. The SMILES string of the molecule is COc1ccc(C)cc1N1CC(C(=O)NCCC2CCNC2)CC1=O. The molecular weight excluding hydrogens is 318 g/mol. The van der Waals surface area contributed by atoms with Gasteiger partial charge in [0.05, 0.1) is 18.7 Å². The van der Waals surface area contributed by atoms with Gasteiger partial charge in [-0.25, -0.2) is 0 Å². The molecule has 0 bridgehead atoms. The van der Waals surface area contributed by atoms with Crippen LogP contribution in [0.4, 0.5) is 5.69 Å². The van der Waals surface area contributed by atoms with Crippen LogP contribution in [0.3, 0.4) is 0 Å². The number of rotatable bonds is 6.